The molecule has 0 saturated carbocycles. The van der Waals surface area contributed by atoms with E-state index < -0.39 is 9.84 Å². The summed E-state index contributed by atoms with van der Waals surface area (Å²) in [6, 6.07) is 0. The molecule has 0 bridgehead atoms. The molecule has 0 spiro atoms. The highest BCUT2D eigenvalue weighted by Crippen LogP contribution is 1.96. The van der Waals surface area contributed by atoms with Crippen LogP contribution in [-0.4, -0.2) is 33.5 Å². The van der Waals surface area contributed by atoms with Crippen molar-refractivity contribution in [2.24, 2.45) is 0 Å². The summed E-state index contributed by atoms with van der Waals surface area (Å²) in [4.78, 5) is 0. The first-order valence-electron chi connectivity index (χ1n) is 4.44. The maximum Gasteiger partial charge on any atom is 0.147 e. The van der Waals surface area contributed by atoms with E-state index in [0.29, 0.717) is 0 Å². The molecule has 1 heterocycles. The van der Waals surface area contributed by atoms with E-state index in [1.54, 1.807) is 6.92 Å². The third kappa shape index (κ3) is 9.91. The number of hydrogen-bond donors (Lipinski definition) is 1. The van der Waals surface area contributed by atoms with Crippen molar-refractivity contribution in [1.29, 1.82) is 0 Å². The zero-order valence-electron chi connectivity index (χ0n) is 7.97. The predicted octanol–water partition coefficient (Wildman–Crippen LogP) is 0.811. The van der Waals surface area contributed by atoms with E-state index in [1.807, 2.05) is 0 Å². The van der Waals surface area contributed by atoms with Gasteiger partial charge in [0.1, 0.15) is 9.84 Å². The van der Waals surface area contributed by atoms with Crippen molar-refractivity contribution in [2.75, 3.05) is 25.1 Å². The second-order valence-electron chi connectivity index (χ2n) is 3.03. The Morgan fingerprint density at radius 1 is 1.17 bits per heavy atom. The van der Waals surface area contributed by atoms with Gasteiger partial charge in [-0.05, 0) is 25.9 Å². The molecule has 0 unspecified atom stereocenters. The van der Waals surface area contributed by atoms with Gasteiger partial charge in [0.2, 0.25) is 0 Å². The SMILES string of the molecule is C1CCNCC1.CCS(C)(=O)=O. The molecule has 4 heteroatoms. The van der Waals surface area contributed by atoms with Crippen LogP contribution in [0, 0.1) is 0 Å². The fraction of sp³-hybridized carbons (Fsp3) is 1.00. The largest absolute Gasteiger partial charge is 0.317 e. The minimum atomic E-state index is -2.66. The van der Waals surface area contributed by atoms with Crippen LogP contribution in [0.25, 0.3) is 0 Å². The quantitative estimate of drug-likeness (QED) is 0.670. The number of hydrogen-bond acceptors (Lipinski definition) is 3. The summed E-state index contributed by atoms with van der Waals surface area (Å²) in [6.07, 6.45) is 5.43. The summed E-state index contributed by atoms with van der Waals surface area (Å²) < 4.78 is 20.0. The van der Waals surface area contributed by atoms with E-state index in [0.717, 1.165) is 0 Å². The summed E-state index contributed by atoms with van der Waals surface area (Å²) in [5.74, 6) is 0.243. The molecule has 1 fully saturated rings. The zero-order chi connectivity index (χ0) is 9.45. The van der Waals surface area contributed by atoms with E-state index in [2.05, 4.69) is 5.32 Å². The van der Waals surface area contributed by atoms with Crippen LogP contribution < -0.4 is 5.32 Å². The molecule has 1 aliphatic heterocycles. The van der Waals surface area contributed by atoms with E-state index in [9.17, 15) is 8.42 Å². The molecule has 0 radical (unpaired) electrons. The molecule has 3 nitrogen and oxygen atoms in total. The Labute approximate surface area is 75.5 Å². The maximum absolute atomic E-state index is 10.0. The third-order valence-corrected chi connectivity index (χ3v) is 2.78. The molecule has 0 aliphatic carbocycles. The summed E-state index contributed by atoms with van der Waals surface area (Å²) >= 11 is 0. The summed E-state index contributed by atoms with van der Waals surface area (Å²) in [6.45, 7) is 4.12. The minimum absolute atomic E-state index is 0.243. The Balaban J connectivity index is 0.000000202. The Morgan fingerprint density at radius 3 is 1.67 bits per heavy atom. The second-order valence-corrected chi connectivity index (χ2v) is 5.45. The fourth-order valence-corrected chi connectivity index (χ4v) is 0.802. The van der Waals surface area contributed by atoms with Gasteiger partial charge in [-0.1, -0.05) is 13.3 Å². The first-order chi connectivity index (χ1) is 5.56. The normalized spacial score (nSPS) is 17.8. The van der Waals surface area contributed by atoms with Crippen LogP contribution in [0.2, 0.25) is 0 Å². The molecule has 1 saturated heterocycles. The van der Waals surface area contributed by atoms with Gasteiger partial charge in [-0.2, -0.15) is 0 Å². The van der Waals surface area contributed by atoms with Crippen molar-refractivity contribution in [1.82, 2.24) is 5.32 Å². The van der Waals surface area contributed by atoms with Gasteiger partial charge in [-0.25, -0.2) is 8.42 Å². The highest BCUT2D eigenvalue weighted by Gasteiger charge is 1.93. The van der Waals surface area contributed by atoms with E-state index in [-0.39, 0.29) is 5.75 Å². The van der Waals surface area contributed by atoms with Gasteiger partial charge in [0.15, 0.2) is 0 Å². The molecule has 0 aromatic rings. The van der Waals surface area contributed by atoms with Gasteiger partial charge in [0, 0.05) is 12.0 Å². The predicted molar refractivity (Wildman–Crippen MR) is 52.1 cm³/mol. The van der Waals surface area contributed by atoms with Crippen LogP contribution in [-0.2, 0) is 9.84 Å². The number of sulfone groups is 1. The van der Waals surface area contributed by atoms with Gasteiger partial charge in [0.25, 0.3) is 0 Å². The van der Waals surface area contributed by atoms with Crippen LogP contribution in [0.15, 0.2) is 0 Å². The lowest BCUT2D eigenvalue weighted by Crippen LogP contribution is -2.21. The molecule has 0 aromatic carbocycles. The molecule has 0 atom stereocenters. The van der Waals surface area contributed by atoms with Crippen LogP contribution in [0.1, 0.15) is 26.2 Å². The van der Waals surface area contributed by atoms with E-state index in [1.165, 1.54) is 38.6 Å². The molecule has 0 amide bonds. The molecular formula is C8H19NO2S. The van der Waals surface area contributed by atoms with Gasteiger partial charge in [-0.15, -0.1) is 0 Å². The molecular weight excluding hydrogens is 174 g/mol. The summed E-state index contributed by atoms with van der Waals surface area (Å²) in [5.41, 5.74) is 0. The van der Waals surface area contributed by atoms with Gasteiger partial charge in [0.05, 0.1) is 0 Å². The van der Waals surface area contributed by atoms with Crippen molar-refractivity contribution in [2.45, 2.75) is 26.2 Å². The Hall–Kier alpha value is -0.0900. The minimum Gasteiger partial charge on any atom is -0.317 e. The fourth-order valence-electron chi connectivity index (χ4n) is 0.802. The topological polar surface area (TPSA) is 46.2 Å². The van der Waals surface area contributed by atoms with E-state index >= 15 is 0 Å². The zero-order valence-corrected chi connectivity index (χ0v) is 8.78. The monoisotopic (exact) mass is 193 g/mol. The Morgan fingerprint density at radius 2 is 1.58 bits per heavy atom. The Kier molecular flexibility index (Phi) is 6.38. The van der Waals surface area contributed by atoms with Crippen LogP contribution in [0.3, 0.4) is 0 Å². The van der Waals surface area contributed by atoms with Crippen molar-refractivity contribution in [3.63, 3.8) is 0 Å². The molecule has 1 N–H and O–H groups in total. The highest BCUT2D eigenvalue weighted by molar-refractivity contribution is 7.90. The van der Waals surface area contributed by atoms with Gasteiger partial charge < -0.3 is 5.32 Å². The van der Waals surface area contributed by atoms with Gasteiger partial charge in [-0.3, -0.25) is 0 Å². The van der Waals surface area contributed by atoms with Crippen molar-refractivity contribution in [3.8, 4) is 0 Å². The van der Waals surface area contributed by atoms with Crippen LogP contribution in [0.5, 0.6) is 0 Å². The first kappa shape index (κ1) is 11.9. The highest BCUT2D eigenvalue weighted by atomic mass is 32.2. The molecule has 1 aliphatic rings. The third-order valence-electron chi connectivity index (χ3n) is 1.73. The molecule has 74 valence electrons. The second kappa shape index (κ2) is 6.43. The standard InChI is InChI=1S/C5H11N.C3H8O2S/c1-2-4-6-5-3-1;1-3-6(2,4)5/h6H,1-5H2;3H2,1-2H3. The lowest BCUT2D eigenvalue weighted by atomic mass is 10.2. The summed E-state index contributed by atoms with van der Waals surface area (Å²) in [5, 5.41) is 3.28. The molecule has 12 heavy (non-hydrogen) atoms. The average molecular weight is 193 g/mol. The van der Waals surface area contributed by atoms with Crippen LogP contribution in [0.4, 0.5) is 0 Å². The smallest absolute Gasteiger partial charge is 0.147 e. The van der Waals surface area contributed by atoms with Crippen molar-refractivity contribution in [3.05, 3.63) is 0 Å². The number of piperidine rings is 1. The first-order valence-corrected chi connectivity index (χ1v) is 6.50. The average Bonchev–Trinajstić information content (AvgIpc) is 2.07. The van der Waals surface area contributed by atoms with Crippen molar-refractivity contribution >= 4 is 9.84 Å². The summed E-state index contributed by atoms with van der Waals surface area (Å²) in [7, 11) is -2.66. The maximum atomic E-state index is 10.0. The number of nitrogens with one attached hydrogen (secondary N) is 1. The molecule has 1 rings (SSSR count). The van der Waals surface area contributed by atoms with Crippen LogP contribution >= 0.6 is 0 Å². The van der Waals surface area contributed by atoms with E-state index in [4.69, 9.17) is 0 Å². The lowest BCUT2D eigenvalue weighted by molar-refractivity contribution is 0.520. The number of rotatable bonds is 1. The lowest BCUT2D eigenvalue weighted by Gasteiger charge is -2.08. The van der Waals surface area contributed by atoms with Crippen molar-refractivity contribution < 1.29 is 8.42 Å². The molecule has 0 aromatic heterocycles. The Bertz CT molecular complexity index is 172. The van der Waals surface area contributed by atoms with Gasteiger partial charge >= 0.3 is 0 Å².